The van der Waals surface area contributed by atoms with E-state index in [9.17, 15) is 8.42 Å². The maximum Gasteiger partial charge on any atom is 0.193 e. The van der Waals surface area contributed by atoms with Gasteiger partial charge in [0.2, 0.25) is 0 Å². The first-order valence-corrected chi connectivity index (χ1v) is 11.0. The molecule has 1 N–H and O–H groups in total. The molecule has 2 aromatic rings. The van der Waals surface area contributed by atoms with Gasteiger partial charge in [0.25, 0.3) is 0 Å². The van der Waals surface area contributed by atoms with E-state index in [0.717, 1.165) is 5.75 Å². The lowest BCUT2D eigenvalue weighted by molar-refractivity contribution is 0.280. The molecule has 0 amide bonds. The zero-order chi connectivity index (χ0) is 20.4. The van der Waals surface area contributed by atoms with Gasteiger partial charge in [-0.1, -0.05) is 43.3 Å². The van der Waals surface area contributed by atoms with E-state index in [-0.39, 0.29) is 11.8 Å². The second-order valence-electron chi connectivity index (χ2n) is 6.47. The molecule has 6 nitrogen and oxygen atoms in total. The van der Waals surface area contributed by atoms with Gasteiger partial charge in [-0.3, -0.25) is 4.99 Å². The van der Waals surface area contributed by atoms with Crippen molar-refractivity contribution in [3.63, 3.8) is 0 Å². The van der Waals surface area contributed by atoms with Crippen LogP contribution in [0.3, 0.4) is 0 Å². The van der Waals surface area contributed by atoms with E-state index < -0.39 is 9.84 Å². The van der Waals surface area contributed by atoms with Gasteiger partial charge in [-0.25, -0.2) is 8.42 Å². The number of nitrogens with one attached hydrogen (secondary N) is 1. The Balaban J connectivity index is 1.91. The molecule has 0 spiro atoms. The van der Waals surface area contributed by atoms with Gasteiger partial charge in [-0.05, 0) is 30.7 Å². The predicted molar refractivity (Wildman–Crippen MR) is 114 cm³/mol. The molecular formula is C21H29N3O3S. The van der Waals surface area contributed by atoms with E-state index in [1.54, 1.807) is 31.3 Å². The summed E-state index contributed by atoms with van der Waals surface area (Å²) in [6.07, 6.45) is 0.666. The third-order valence-electron chi connectivity index (χ3n) is 4.36. The minimum Gasteiger partial charge on any atom is -0.492 e. The van der Waals surface area contributed by atoms with Gasteiger partial charge in [0, 0.05) is 20.1 Å². The van der Waals surface area contributed by atoms with Gasteiger partial charge < -0.3 is 15.0 Å². The Morgan fingerprint density at radius 1 is 1.11 bits per heavy atom. The van der Waals surface area contributed by atoms with Crippen LogP contribution in [0.5, 0.6) is 5.75 Å². The normalized spacial score (nSPS) is 13.0. The predicted octanol–water partition coefficient (Wildman–Crippen LogP) is 2.83. The molecule has 0 aliphatic carbocycles. The van der Waals surface area contributed by atoms with Crippen LogP contribution in [0.25, 0.3) is 0 Å². The SMILES string of the molecule is CCC(CS(=O)(=O)c1ccccc1)NC(=NC)N(C)CCOc1ccccc1. The van der Waals surface area contributed by atoms with Crippen molar-refractivity contribution in [2.45, 2.75) is 24.3 Å². The van der Waals surface area contributed by atoms with Crippen LogP contribution in [0, 0.1) is 0 Å². The van der Waals surface area contributed by atoms with Crippen molar-refractivity contribution in [3.05, 3.63) is 60.7 Å². The number of hydrogen-bond acceptors (Lipinski definition) is 4. The number of likely N-dealkylation sites (N-methyl/N-ethyl adjacent to an activating group) is 1. The van der Waals surface area contributed by atoms with Crippen molar-refractivity contribution >= 4 is 15.8 Å². The molecular weight excluding hydrogens is 374 g/mol. The Labute approximate surface area is 168 Å². The summed E-state index contributed by atoms with van der Waals surface area (Å²) < 4.78 is 31.0. The van der Waals surface area contributed by atoms with Crippen molar-refractivity contribution in [2.24, 2.45) is 4.99 Å². The molecule has 0 radical (unpaired) electrons. The monoisotopic (exact) mass is 403 g/mol. The lowest BCUT2D eigenvalue weighted by Gasteiger charge is -2.26. The standard InChI is InChI=1S/C21H29N3O3S/c1-4-18(17-28(25,26)20-13-9-6-10-14-20)23-21(22-2)24(3)15-16-27-19-11-7-5-8-12-19/h5-14,18H,4,15-17H2,1-3H3,(H,22,23). The number of para-hydroxylation sites is 1. The molecule has 0 saturated carbocycles. The molecule has 0 aliphatic rings. The number of benzene rings is 2. The number of rotatable bonds is 9. The van der Waals surface area contributed by atoms with Crippen LogP contribution in [-0.4, -0.2) is 58.3 Å². The van der Waals surface area contributed by atoms with Gasteiger partial charge in [-0.2, -0.15) is 0 Å². The van der Waals surface area contributed by atoms with Crippen molar-refractivity contribution in [1.82, 2.24) is 10.2 Å². The molecule has 28 heavy (non-hydrogen) atoms. The van der Waals surface area contributed by atoms with Gasteiger partial charge in [0.15, 0.2) is 15.8 Å². The third kappa shape index (κ3) is 6.56. The minimum absolute atomic E-state index is 0.0148. The van der Waals surface area contributed by atoms with E-state index >= 15 is 0 Å². The van der Waals surface area contributed by atoms with Gasteiger partial charge in [0.1, 0.15) is 12.4 Å². The summed E-state index contributed by atoms with van der Waals surface area (Å²) in [6, 6.07) is 17.9. The molecule has 1 unspecified atom stereocenters. The van der Waals surface area contributed by atoms with Gasteiger partial charge in [-0.15, -0.1) is 0 Å². The molecule has 0 aromatic heterocycles. The highest BCUT2D eigenvalue weighted by Crippen LogP contribution is 2.13. The number of sulfone groups is 1. The lowest BCUT2D eigenvalue weighted by atomic mass is 10.2. The second-order valence-corrected chi connectivity index (χ2v) is 8.51. The second kappa shape index (κ2) is 10.7. The van der Waals surface area contributed by atoms with Crippen LogP contribution in [0.15, 0.2) is 70.6 Å². The first-order chi connectivity index (χ1) is 13.5. The van der Waals surface area contributed by atoms with Crippen molar-refractivity contribution < 1.29 is 13.2 Å². The van der Waals surface area contributed by atoms with Gasteiger partial charge in [0.05, 0.1) is 17.2 Å². The van der Waals surface area contributed by atoms with Crippen LogP contribution < -0.4 is 10.1 Å². The average molecular weight is 404 g/mol. The molecule has 0 saturated heterocycles. The molecule has 0 fully saturated rings. The highest BCUT2D eigenvalue weighted by molar-refractivity contribution is 7.91. The Bertz CT molecular complexity index is 840. The summed E-state index contributed by atoms with van der Waals surface area (Å²) in [5.74, 6) is 1.48. The van der Waals surface area contributed by atoms with Crippen LogP contribution in [0.1, 0.15) is 13.3 Å². The van der Waals surface area contributed by atoms with E-state index in [1.807, 2.05) is 55.3 Å². The Hall–Kier alpha value is -2.54. The maximum atomic E-state index is 12.7. The summed E-state index contributed by atoms with van der Waals surface area (Å²) in [4.78, 5) is 6.56. The fourth-order valence-electron chi connectivity index (χ4n) is 2.70. The van der Waals surface area contributed by atoms with E-state index in [0.29, 0.717) is 30.4 Å². The summed E-state index contributed by atoms with van der Waals surface area (Å²) in [5.41, 5.74) is 0. The summed E-state index contributed by atoms with van der Waals surface area (Å²) in [6.45, 7) is 3.08. The Morgan fingerprint density at radius 2 is 1.71 bits per heavy atom. The molecule has 0 heterocycles. The largest absolute Gasteiger partial charge is 0.492 e. The molecule has 0 bridgehead atoms. The van der Waals surface area contributed by atoms with Crippen molar-refractivity contribution in [3.8, 4) is 5.75 Å². The lowest BCUT2D eigenvalue weighted by Crippen LogP contribution is -2.47. The van der Waals surface area contributed by atoms with E-state index in [4.69, 9.17) is 4.74 Å². The first kappa shape index (κ1) is 21.8. The number of nitrogens with zero attached hydrogens (tertiary/aromatic N) is 2. The van der Waals surface area contributed by atoms with E-state index in [1.165, 1.54) is 0 Å². The van der Waals surface area contributed by atoms with Crippen molar-refractivity contribution in [1.29, 1.82) is 0 Å². The Kier molecular flexibility index (Phi) is 8.32. The third-order valence-corrected chi connectivity index (χ3v) is 6.19. The number of guanidine groups is 1. The highest BCUT2D eigenvalue weighted by atomic mass is 32.2. The first-order valence-electron chi connectivity index (χ1n) is 9.36. The quantitative estimate of drug-likeness (QED) is 0.515. The van der Waals surface area contributed by atoms with Gasteiger partial charge >= 0.3 is 0 Å². The molecule has 2 rings (SSSR count). The van der Waals surface area contributed by atoms with E-state index in [2.05, 4.69) is 10.3 Å². The number of aliphatic imine (C=N–C) groups is 1. The molecule has 2 aromatic carbocycles. The van der Waals surface area contributed by atoms with Crippen LogP contribution in [0.4, 0.5) is 0 Å². The van der Waals surface area contributed by atoms with Crippen LogP contribution >= 0.6 is 0 Å². The molecule has 1 atom stereocenters. The summed E-state index contributed by atoms with van der Waals surface area (Å²) in [7, 11) is 0.230. The highest BCUT2D eigenvalue weighted by Gasteiger charge is 2.21. The maximum absolute atomic E-state index is 12.7. The Morgan fingerprint density at radius 3 is 2.29 bits per heavy atom. The molecule has 152 valence electrons. The smallest absolute Gasteiger partial charge is 0.193 e. The fraction of sp³-hybridized carbons (Fsp3) is 0.381. The topological polar surface area (TPSA) is 71.0 Å². The number of hydrogen-bond donors (Lipinski definition) is 1. The zero-order valence-electron chi connectivity index (χ0n) is 16.7. The number of ether oxygens (including phenoxy) is 1. The average Bonchev–Trinajstić information content (AvgIpc) is 2.72. The van der Waals surface area contributed by atoms with Crippen LogP contribution in [0.2, 0.25) is 0 Å². The fourth-order valence-corrected chi connectivity index (χ4v) is 4.31. The minimum atomic E-state index is -3.36. The molecule has 0 aliphatic heterocycles. The molecule has 7 heteroatoms. The van der Waals surface area contributed by atoms with Crippen LogP contribution in [-0.2, 0) is 9.84 Å². The van der Waals surface area contributed by atoms with Crippen molar-refractivity contribution in [2.75, 3.05) is 33.0 Å². The summed E-state index contributed by atoms with van der Waals surface area (Å²) >= 11 is 0. The zero-order valence-corrected chi connectivity index (χ0v) is 17.5. The summed E-state index contributed by atoms with van der Waals surface area (Å²) in [5, 5.41) is 3.27.